The molecule has 0 saturated carbocycles. The molecule has 150 valence electrons. The number of fused-ring (bicyclic) bond motifs is 3. The highest BCUT2D eigenvalue weighted by Gasteiger charge is 2.38. The SMILES string of the molecule is COC(=O)c1cccc(NC(=O)N2CC(=O)N3CCc4cc(F)ccc4C3C2)c1. The molecule has 0 spiro atoms. The van der Waals surface area contributed by atoms with Crippen molar-refractivity contribution in [1.29, 1.82) is 0 Å². The van der Waals surface area contributed by atoms with Crippen molar-refractivity contribution in [1.82, 2.24) is 9.80 Å². The number of nitrogens with zero attached hydrogens (tertiary/aromatic N) is 2. The van der Waals surface area contributed by atoms with E-state index in [2.05, 4.69) is 10.1 Å². The van der Waals surface area contributed by atoms with Gasteiger partial charge in [-0.15, -0.1) is 0 Å². The van der Waals surface area contributed by atoms with Gasteiger partial charge in [-0.25, -0.2) is 14.0 Å². The fourth-order valence-corrected chi connectivity index (χ4v) is 3.90. The lowest BCUT2D eigenvalue weighted by Gasteiger charge is -2.44. The second-order valence-electron chi connectivity index (χ2n) is 7.08. The number of hydrogen-bond acceptors (Lipinski definition) is 4. The number of esters is 1. The standard InChI is InChI=1S/C21H20FN3O4/c1-29-20(27)14-3-2-4-16(10-14)23-21(28)24-11-18-17-6-5-15(22)9-13(17)7-8-25(18)19(26)12-24/h2-6,9-10,18H,7-8,11-12H2,1H3,(H,23,28). The van der Waals surface area contributed by atoms with E-state index in [0.29, 0.717) is 30.8 Å². The average Bonchev–Trinajstić information content (AvgIpc) is 2.72. The molecule has 1 N–H and O–H groups in total. The number of piperazine rings is 1. The third kappa shape index (κ3) is 3.65. The molecule has 0 aliphatic carbocycles. The monoisotopic (exact) mass is 397 g/mol. The molecule has 2 aliphatic rings. The number of halogens is 1. The maximum absolute atomic E-state index is 13.6. The Hall–Kier alpha value is -3.42. The van der Waals surface area contributed by atoms with Crippen LogP contribution in [-0.2, 0) is 16.0 Å². The predicted molar refractivity (Wildman–Crippen MR) is 103 cm³/mol. The van der Waals surface area contributed by atoms with Gasteiger partial charge in [0.05, 0.1) is 18.7 Å². The summed E-state index contributed by atoms with van der Waals surface area (Å²) >= 11 is 0. The second kappa shape index (κ2) is 7.54. The highest BCUT2D eigenvalue weighted by atomic mass is 19.1. The Bertz CT molecular complexity index is 994. The zero-order chi connectivity index (χ0) is 20.5. The third-order valence-electron chi connectivity index (χ3n) is 5.32. The molecule has 3 amide bonds. The first-order chi connectivity index (χ1) is 14.0. The number of benzene rings is 2. The van der Waals surface area contributed by atoms with E-state index in [-0.39, 0.29) is 24.3 Å². The molecule has 4 rings (SSSR count). The highest BCUT2D eigenvalue weighted by molar-refractivity contribution is 5.95. The lowest BCUT2D eigenvalue weighted by atomic mass is 9.90. The molecule has 1 saturated heterocycles. The summed E-state index contributed by atoms with van der Waals surface area (Å²) in [5, 5.41) is 2.73. The van der Waals surface area contributed by atoms with Gasteiger partial charge in [0, 0.05) is 18.8 Å². The Labute approximate surface area is 167 Å². The molecule has 1 atom stereocenters. The summed E-state index contributed by atoms with van der Waals surface area (Å²) in [5.41, 5.74) is 2.48. The molecule has 0 radical (unpaired) electrons. The fraction of sp³-hybridized carbons (Fsp3) is 0.286. The van der Waals surface area contributed by atoms with Crippen molar-refractivity contribution in [3.8, 4) is 0 Å². The lowest BCUT2D eigenvalue weighted by molar-refractivity contribution is -0.139. The Morgan fingerprint density at radius 2 is 2.03 bits per heavy atom. The minimum absolute atomic E-state index is 0.0322. The van der Waals surface area contributed by atoms with E-state index in [1.807, 2.05) is 0 Å². The van der Waals surface area contributed by atoms with Gasteiger partial charge in [0.15, 0.2) is 0 Å². The molecule has 29 heavy (non-hydrogen) atoms. The summed E-state index contributed by atoms with van der Waals surface area (Å²) in [7, 11) is 1.28. The topological polar surface area (TPSA) is 79.0 Å². The van der Waals surface area contributed by atoms with Gasteiger partial charge in [-0.1, -0.05) is 12.1 Å². The summed E-state index contributed by atoms with van der Waals surface area (Å²) < 4.78 is 18.3. The van der Waals surface area contributed by atoms with E-state index in [4.69, 9.17) is 0 Å². The van der Waals surface area contributed by atoms with E-state index in [0.717, 1.165) is 11.1 Å². The summed E-state index contributed by atoms with van der Waals surface area (Å²) in [6.07, 6.45) is 0.599. The molecule has 0 bridgehead atoms. The minimum atomic E-state index is -0.504. The normalized spacial score (nSPS) is 18.0. The number of urea groups is 1. The Morgan fingerprint density at radius 1 is 1.21 bits per heavy atom. The molecule has 8 heteroatoms. The van der Waals surface area contributed by atoms with Crippen LogP contribution in [0.15, 0.2) is 42.5 Å². The van der Waals surface area contributed by atoms with Gasteiger partial charge < -0.3 is 19.9 Å². The van der Waals surface area contributed by atoms with Gasteiger partial charge in [-0.05, 0) is 47.9 Å². The van der Waals surface area contributed by atoms with Gasteiger partial charge in [0.2, 0.25) is 5.91 Å². The van der Waals surface area contributed by atoms with Crippen LogP contribution in [-0.4, -0.2) is 54.5 Å². The molecular weight excluding hydrogens is 377 g/mol. The summed E-state index contributed by atoms with van der Waals surface area (Å²) in [5.74, 6) is -0.954. The first kappa shape index (κ1) is 18.9. The largest absolute Gasteiger partial charge is 0.465 e. The number of nitrogens with one attached hydrogen (secondary N) is 1. The van der Waals surface area contributed by atoms with Crippen LogP contribution in [0.3, 0.4) is 0 Å². The van der Waals surface area contributed by atoms with Crippen LogP contribution in [0.25, 0.3) is 0 Å². The Kier molecular flexibility index (Phi) is 4.92. The van der Waals surface area contributed by atoms with Gasteiger partial charge >= 0.3 is 12.0 Å². The third-order valence-corrected chi connectivity index (χ3v) is 5.32. The zero-order valence-electron chi connectivity index (χ0n) is 15.9. The molecule has 1 unspecified atom stereocenters. The van der Waals surface area contributed by atoms with Crippen LogP contribution in [0.1, 0.15) is 27.5 Å². The molecule has 2 aromatic rings. The summed E-state index contributed by atoms with van der Waals surface area (Å²) in [4.78, 5) is 40.3. The van der Waals surface area contributed by atoms with Crippen molar-refractivity contribution in [3.05, 3.63) is 65.0 Å². The maximum Gasteiger partial charge on any atom is 0.337 e. The average molecular weight is 397 g/mol. The predicted octanol–water partition coefficient (Wildman–Crippen LogP) is 2.59. The van der Waals surface area contributed by atoms with Crippen LogP contribution in [0.2, 0.25) is 0 Å². The van der Waals surface area contributed by atoms with Crippen LogP contribution in [0, 0.1) is 5.82 Å². The van der Waals surface area contributed by atoms with E-state index in [9.17, 15) is 18.8 Å². The van der Waals surface area contributed by atoms with Crippen molar-refractivity contribution in [3.63, 3.8) is 0 Å². The number of carbonyl (C=O) groups is 3. The smallest absolute Gasteiger partial charge is 0.337 e. The molecule has 0 aromatic heterocycles. The number of carbonyl (C=O) groups excluding carboxylic acids is 3. The first-order valence-corrected chi connectivity index (χ1v) is 9.28. The van der Waals surface area contributed by atoms with E-state index in [1.54, 1.807) is 29.2 Å². The van der Waals surface area contributed by atoms with E-state index >= 15 is 0 Å². The van der Waals surface area contributed by atoms with Crippen molar-refractivity contribution in [2.75, 3.05) is 32.1 Å². The first-order valence-electron chi connectivity index (χ1n) is 9.28. The second-order valence-corrected chi connectivity index (χ2v) is 7.08. The van der Waals surface area contributed by atoms with Crippen LogP contribution < -0.4 is 5.32 Å². The molecule has 2 aromatic carbocycles. The number of methoxy groups -OCH3 is 1. The number of ether oxygens (including phenoxy) is 1. The van der Waals surface area contributed by atoms with Crippen molar-refractivity contribution < 1.29 is 23.5 Å². The van der Waals surface area contributed by atoms with Crippen molar-refractivity contribution in [2.24, 2.45) is 0 Å². The summed E-state index contributed by atoms with van der Waals surface area (Å²) in [6.45, 7) is 0.791. The minimum Gasteiger partial charge on any atom is -0.465 e. The van der Waals surface area contributed by atoms with Crippen LogP contribution in [0.4, 0.5) is 14.9 Å². The maximum atomic E-state index is 13.6. The van der Waals surface area contributed by atoms with Crippen molar-refractivity contribution in [2.45, 2.75) is 12.5 Å². The quantitative estimate of drug-likeness (QED) is 0.790. The van der Waals surface area contributed by atoms with Crippen molar-refractivity contribution >= 4 is 23.6 Å². The van der Waals surface area contributed by atoms with Crippen LogP contribution >= 0.6 is 0 Å². The van der Waals surface area contributed by atoms with Crippen LogP contribution in [0.5, 0.6) is 0 Å². The lowest BCUT2D eigenvalue weighted by Crippen LogP contribution is -2.56. The molecule has 7 nitrogen and oxygen atoms in total. The van der Waals surface area contributed by atoms with E-state index < -0.39 is 12.0 Å². The van der Waals surface area contributed by atoms with Gasteiger partial charge in [-0.3, -0.25) is 4.79 Å². The van der Waals surface area contributed by atoms with Gasteiger partial charge in [0.1, 0.15) is 12.4 Å². The molecule has 2 heterocycles. The molecular formula is C21H20FN3O4. The van der Waals surface area contributed by atoms with E-state index in [1.165, 1.54) is 30.2 Å². The zero-order valence-corrected chi connectivity index (χ0v) is 15.9. The van der Waals surface area contributed by atoms with Gasteiger partial charge in [-0.2, -0.15) is 0 Å². The highest BCUT2D eigenvalue weighted by Crippen LogP contribution is 2.33. The number of anilines is 1. The number of hydrogen-bond donors (Lipinski definition) is 1. The summed E-state index contributed by atoms with van der Waals surface area (Å²) in [6, 6.07) is 10.2. The Balaban J connectivity index is 1.53. The van der Waals surface area contributed by atoms with Gasteiger partial charge in [0.25, 0.3) is 0 Å². The number of amides is 3. The molecule has 1 fully saturated rings. The fourth-order valence-electron chi connectivity index (χ4n) is 3.90. The molecule has 2 aliphatic heterocycles. The Morgan fingerprint density at radius 3 is 2.83 bits per heavy atom. The number of rotatable bonds is 2.